The molecule has 10 nitrogen and oxygen atoms in total. The zero-order valence-electron chi connectivity index (χ0n) is 31.9. The van der Waals surface area contributed by atoms with Gasteiger partial charge in [-0.25, -0.2) is 4.57 Å². The Morgan fingerprint density at radius 2 is 1.12 bits per heavy atom. The van der Waals surface area contributed by atoms with Gasteiger partial charge in [0, 0.05) is 13.0 Å². The summed E-state index contributed by atoms with van der Waals surface area (Å²) in [6, 6.07) is -1.49. The molecule has 0 fully saturated rings. The number of carboxylic acid groups (broad SMARTS) is 1. The Kier molecular flexibility index (Phi) is 34.5. The van der Waals surface area contributed by atoms with E-state index in [9.17, 15) is 19.0 Å². The van der Waals surface area contributed by atoms with E-state index in [4.69, 9.17) is 24.8 Å². The molecule has 52 heavy (non-hydrogen) atoms. The van der Waals surface area contributed by atoms with Crippen molar-refractivity contribution in [2.45, 2.75) is 135 Å². The second-order valence-electron chi connectivity index (χ2n) is 12.3. The third-order valence-electron chi connectivity index (χ3n) is 7.39. The number of aliphatic carboxylic acids is 1. The molecule has 0 amide bonds. The topological polar surface area (TPSA) is 155 Å². The van der Waals surface area contributed by atoms with Crippen molar-refractivity contribution in [2.75, 3.05) is 26.4 Å². The third kappa shape index (κ3) is 35.5. The molecule has 0 spiro atoms. The monoisotopic (exact) mass is 749 g/mol. The average molecular weight is 750 g/mol. The number of carboxylic acids is 1. The van der Waals surface area contributed by atoms with E-state index in [0.29, 0.717) is 13.0 Å². The van der Waals surface area contributed by atoms with Crippen LogP contribution < -0.4 is 5.73 Å². The smallest absolute Gasteiger partial charge is 0.472 e. The number of hydrogen-bond donors (Lipinski definition) is 3. The lowest BCUT2D eigenvalue weighted by molar-refractivity contribution is -0.154. The Morgan fingerprint density at radius 1 is 0.635 bits per heavy atom. The minimum absolute atomic E-state index is 0.0321. The van der Waals surface area contributed by atoms with Gasteiger partial charge in [-0.05, 0) is 77.0 Å². The van der Waals surface area contributed by atoms with E-state index in [1.807, 2.05) is 0 Å². The van der Waals surface area contributed by atoms with Crippen LogP contribution in [0.2, 0.25) is 0 Å². The molecule has 0 rings (SSSR count). The van der Waals surface area contributed by atoms with E-state index in [-0.39, 0.29) is 13.0 Å². The fourth-order valence-corrected chi connectivity index (χ4v) is 5.22. The molecule has 0 aromatic heterocycles. The van der Waals surface area contributed by atoms with Crippen LogP contribution in [0, 0.1) is 0 Å². The summed E-state index contributed by atoms with van der Waals surface area (Å²) in [6.07, 6.45) is 45.2. The number of carbonyl (C=O) groups excluding carboxylic acids is 1. The maximum Gasteiger partial charge on any atom is 0.472 e. The standard InChI is InChI=1S/C41H68NO9P/c1-3-5-7-9-11-13-15-16-17-18-19-20-21-22-23-24-26-28-30-32-34-48-35-38(36-49-52(46,47)50-37-39(42)41(44)45)51-40(43)33-31-29-27-25-14-12-10-8-6-4-2/h5,7-8,10-11,13,16-17,19-20,22-23,26,28,38-39H,3-4,6,9,12,14-15,18,21,24-25,27,29-37,42H2,1-2H3,(H,44,45)(H,46,47)/b7-5-,10-8-,13-11-,17-16-,20-19-,23-22-,28-26-. The third-order valence-corrected chi connectivity index (χ3v) is 8.34. The summed E-state index contributed by atoms with van der Waals surface area (Å²) in [7, 11) is -4.63. The number of phosphoric ester groups is 1. The molecule has 296 valence electrons. The van der Waals surface area contributed by atoms with Crippen LogP contribution in [-0.4, -0.2) is 60.5 Å². The van der Waals surface area contributed by atoms with Crippen molar-refractivity contribution in [2.24, 2.45) is 5.73 Å². The molecule has 0 saturated carbocycles. The van der Waals surface area contributed by atoms with Crippen LogP contribution in [0.4, 0.5) is 0 Å². The number of ether oxygens (including phenoxy) is 2. The number of carbonyl (C=O) groups is 2. The number of hydrogen-bond acceptors (Lipinski definition) is 8. The molecule has 0 aliphatic carbocycles. The van der Waals surface area contributed by atoms with Crippen molar-refractivity contribution in [3.8, 4) is 0 Å². The van der Waals surface area contributed by atoms with Gasteiger partial charge >= 0.3 is 19.8 Å². The van der Waals surface area contributed by atoms with Gasteiger partial charge < -0.3 is 25.2 Å². The van der Waals surface area contributed by atoms with E-state index in [2.05, 4.69) is 103 Å². The van der Waals surface area contributed by atoms with Gasteiger partial charge in [0.25, 0.3) is 0 Å². The Morgan fingerprint density at radius 3 is 1.69 bits per heavy atom. The van der Waals surface area contributed by atoms with E-state index < -0.39 is 45.1 Å². The van der Waals surface area contributed by atoms with E-state index >= 15 is 0 Å². The molecule has 3 atom stereocenters. The molecular weight excluding hydrogens is 681 g/mol. The maximum absolute atomic E-state index is 12.5. The van der Waals surface area contributed by atoms with Crippen LogP contribution in [-0.2, 0) is 32.7 Å². The summed E-state index contributed by atoms with van der Waals surface area (Å²) in [4.78, 5) is 33.3. The molecule has 0 radical (unpaired) electrons. The van der Waals surface area contributed by atoms with Crippen LogP contribution in [0.5, 0.6) is 0 Å². The minimum Gasteiger partial charge on any atom is -0.480 e. The summed E-state index contributed by atoms with van der Waals surface area (Å²) in [5.74, 6) is -1.83. The highest BCUT2D eigenvalue weighted by molar-refractivity contribution is 7.47. The predicted octanol–water partition coefficient (Wildman–Crippen LogP) is 10.0. The van der Waals surface area contributed by atoms with Crippen LogP contribution >= 0.6 is 7.82 Å². The summed E-state index contributed by atoms with van der Waals surface area (Å²) in [5.41, 5.74) is 5.33. The summed E-state index contributed by atoms with van der Waals surface area (Å²) < 4.78 is 33.1. The Bertz CT molecular complexity index is 1140. The van der Waals surface area contributed by atoms with Gasteiger partial charge in [0.05, 0.1) is 19.8 Å². The highest BCUT2D eigenvalue weighted by atomic mass is 31.2. The Hall–Kier alpha value is -2.85. The maximum atomic E-state index is 12.5. The molecular formula is C41H68NO9P. The fourth-order valence-electron chi connectivity index (χ4n) is 4.44. The van der Waals surface area contributed by atoms with Crippen molar-refractivity contribution in [3.63, 3.8) is 0 Å². The van der Waals surface area contributed by atoms with Crippen LogP contribution in [0.15, 0.2) is 85.1 Å². The molecule has 3 unspecified atom stereocenters. The van der Waals surface area contributed by atoms with Gasteiger partial charge in [0.2, 0.25) is 0 Å². The van der Waals surface area contributed by atoms with Gasteiger partial charge in [0.15, 0.2) is 0 Å². The van der Waals surface area contributed by atoms with Crippen LogP contribution in [0.3, 0.4) is 0 Å². The lowest BCUT2D eigenvalue weighted by Crippen LogP contribution is -2.34. The summed E-state index contributed by atoms with van der Waals surface area (Å²) >= 11 is 0. The highest BCUT2D eigenvalue weighted by Crippen LogP contribution is 2.43. The molecule has 0 bridgehead atoms. The van der Waals surface area contributed by atoms with Gasteiger partial charge in [-0.15, -0.1) is 0 Å². The SMILES string of the molecule is CC/C=C\C/C=C\C/C=C\C/C=C\C/C=C\C/C=C\CCCOCC(COP(=O)(O)OCC(N)C(=O)O)OC(=O)CCCCCCC/C=C\CCC. The van der Waals surface area contributed by atoms with Crippen molar-refractivity contribution in [3.05, 3.63) is 85.1 Å². The van der Waals surface area contributed by atoms with Gasteiger partial charge in [-0.3, -0.25) is 18.6 Å². The van der Waals surface area contributed by atoms with Crippen molar-refractivity contribution in [1.82, 2.24) is 0 Å². The molecule has 4 N–H and O–H groups in total. The van der Waals surface area contributed by atoms with Gasteiger partial charge in [0.1, 0.15) is 12.1 Å². The second-order valence-corrected chi connectivity index (χ2v) is 13.8. The number of rotatable bonds is 35. The van der Waals surface area contributed by atoms with Gasteiger partial charge in [-0.1, -0.05) is 125 Å². The minimum atomic E-state index is -4.63. The van der Waals surface area contributed by atoms with Crippen LogP contribution in [0.25, 0.3) is 0 Å². The largest absolute Gasteiger partial charge is 0.480 e. The number of nitrogens with two attached hydrogens (primary N) is 1. The first-order valence-corrected chi connectivity index (χ1v) is 20.6. The van der Waals surface area contributed by atoms with Crippen LogP contribution in [0.1, 0.15) is 123 Å². The second kappa shape index (κ2) is 36.5. The molecule has 0 aliphatic heterocycles. The van der Waals surface area contributed by atoms with E-state index in [0.717, 1.165) is 96.3 Å². The molecule has 11 heteroatoms. The molecule has 0 aromatic carbocycles. The summed E-state index contributed by atoms with van der Waals surface area (Å²) in [5, 5.41) is 8.86. The molecule has 0 aliphatic rings. The molecule has 0 aromatic rings. The highest BCUT2D eigenvalue weighted by Gasteiger charge is 2.27. The number of unbranched alkanes of at least 4 members (excludes halogenated alkanes) is 7. The number of esters is 1. The lowest BCUT2D eigenvalue weighted by atomic mass is 10.1. The molecule has 0 saturated heterocycles. The number of allylic oxidation sites excluding steroid dienone is 14. The zero-order chi connectivity index (χ0) is 38.4. The fraction of sp³-hybridized carbons (Fsp3) is 0.610. The number of phosphoric acid groups is 1. The first kappa shape index (κ1) is 49.1. The normalized spacial score (nSPS) is 15.0. The van der Waals surface area contributed by atoms with Crippen molar-refractivity contribution in [1.29, 1.82) is 0 Å². The zero-order valence-corrected chi connectivity index (χ0v) is 32.8. The van der Waals surface area contributed by atoms with Gasteiger partial charge in [-0.2, -0.15) is 0 Å². The Balaban J connectivity index is 4.41. The first-order valence-electron chi connectivity index (χ1n) is 19.1. The van der Waals surface area contributed by atoms with E-state index in [1.165, 1.54) is 0 Å². The molecule has 0 heterocycles. The average Bonchev–Trinajstić information content (AvgIpc) is 3.12. The predicted molar refractivity (Wildman–Crippen MR) is 212 cm³/mol. The summed E-state index contributed by atoms with van der Waals surface area (Å²) in [6.45, 7) is 3.49. The van der Waals surface area contributed by atoms with E-state index in [1.54, 1.807) is 0 Å². The van der Waals surface area contributed by atoms with Crippen molar-refractivity contribution < 1.29 is 42.7 Å². The first-order chi connectivity index (χ1) is 25.2. The Labute approximate surface area is 314 Å². The lowest BCUT2D eigenvalue weighted by Gasteiger charge is -2.20. The van der Waals surface area contributed by atoms with Crippen molar-refractivity contribution >= 4 is 19.8 Å². The quantitative estimate of drug-likeness (QED) is 0.0247.